The van der Waals surface area contributed by atoms with E-state index in [4.69, 9.17) is 9.15 Å². The van der Waals surface area contributed by atoms with E-state index in [-0.39, 0.29) is 30.2 Å². The predicted octanol–water partition coefficient (Wildman–Crippen LogP) is 3.17. The molecule has 6 nitrogen and oxygen atoms in total. The summed E-state index contributed by atoms with van der Waals surface area (Å²) in [6.45, 7) is 6.78. The predicted molar refractivity (Wildman–Crippen MR) is 98.8 cm³/mol. The second-order valence-corrected chi connectivity index (χ2v) is 6.91. The van der Waals surface area contributed by atoms with E-state index in [1.165, 1.54) is 0 Å². The van der Waals surface area contributed by atoms with Crippen LogP contribution < -0.4 is 15.4 Å². The number of para-hydroxylation sites is 1. The van der Waals surface area contributed by atoms with Crippen LogP contribution in [0.3, 0.4) is 0 Å². The molecule has 2 aromatic rings. The summed E-state index contributed by atoms with van der Waals surface area (Å²) in [7, 11) is 0. The van der Waals surface area contributed by atoms with Crippen molar-refractivity contribution >= 4 is 22.8 Å². The molecule has 2 amide bonds. The summed E-state index contributed by atoms with van der Waals surface area (Å²) in [5.41, 5.74) is 0.691. The lowest BCUT2D eigenvalue weighted by molar-refractivity contribution is -0.123. The van der Waals surface area contributed by atoms with Gasteiger partial charge in [-0.1, -0.05) is 19.1 Å². The number of amides is 2. The van der Waals surface area contributed by atoms with E-state index >= 15 is 0 Å². The normalized spacial score (nSPS) is 19.8. The molecule has 0 radical (unpaired) electrons. The van der Waals surface area contributed by atoms with E-state index in [2.05, 4.69) is 17.6 Å². The minimum atomic E-state index is -0.261. The van der Waals surface area contributed by atoms with Crippen LogP contribution in [-0.4, -0.2) is 25.0 Å². The third kappa shape index (κ3) is 4.18. The van der Waals surface area contributed by atoms with Gasteiger partial charge in [0, 0.05) is 24.3 Å². The van der Waals surface area contributed by atoms with Gasteiger partial charge in [-0.25, -0.2) is 0 Å². The van der Waals surface area contributed by atoms with Gasteiger partial charge in [0.15, 0.2) is 11.3 Å². The molecule has 26 heavy (non-hydrogen) atoms. The van der Waals surface area contributed by atoms with Crippen molar-refractivity contribution < 1.29 is 18.7 Å². The minimum Gasteiger partial charge on any atom is -0.490 e. The molecule has 140 valence electrons. The van der Waals surface area contributed by atoms with Gasteiger partial charge in [0.05, 0.1) is 12.6 Å². The van der Waals surface area contributed by atoms with E-state index < -0.39 is 0 Å². The average Bonchev–Trinajstić information content (AvgIpc) is 3.17. The molecule has 0 aliphatic heterocycles. The molecular weight excluding hydrogens is 332 g/mol. The Bertz CT molecular complexity index is 798. The van der Waals surface area contributed by atoms with Crippen LogP contribution in [0.25, 0.3) is 11.0 Å². The molecule has 3 atom stereocenters. The number of carbonyl (C=O) groups excluding carboxylic acids is 2. The summed E-state index contributed by atoms with van der Waals surface area (Å²) in [5, 5.41) is 6.68. The van der Waals surface area contributed by atoms with Crippen LogP contribution in [0, 0.1) is 11.8 Å². The third-order valence-corrected chi connectivity index (χ3v) is 4.73. The molecule has 1 fully saturated rings. The van der Waals surface area contributed by atoms with Gasteiger partial charge in [-0.15, -0.1) is 0 Å². The lowest BCUT2D eigenvalue weighted by Crippen LogP contribution is -2.32. The quantitative estimate of drug-likeness (QED) is 0.759. The second kappa shape index (κ2) is 7.81. The van der Waals surface area contributed by atoms with Crippen LogP contribution in [-0.2, 0) is 9.59 Å². The number of fused-ring (bicyclic) bond motifs is 1. The molecule has 1 heterocycles. The Kier molecular flexibility index (Phi) is 5.49. The van der Waals surface area contributed by atoms with Crippen molar-refractivity contribution in [2.24, 2.45) is 11.8 Å². The van der Waals surface area contributed by atoms with E-state index in [0.29, 0.717) is 36.2 Å². The zero-order valence-corrected chi connectivity index (χ0v) is 15.5. The monoisotopic (exact) mass is 358 g/mol. The topological polar surface area (TPSA) is 80.6 Å². The van der Waals surface area contributed by atoms with Gasteiger partial charge in [-0.2, -0.15) is 0 Å². The molecule has 0 bridgehead atoms. The number of hydrogen-bond acceptors (Lipinski definition) is 4. The number of benzene rings is 1. The van der Waals surface area contributed by atoms with Crippen LogP contribution in [0.4, 0.5) is 0 Å². The highest BCUT2D eigenvalue weighted by Gasteiger charge is 2.38. The number of nitrogens with one attached hydrogen (secondary N) is 2. The molecule has 2 N–H and O–H groups in total. The van der Waals surface area contributed by atoms with E-state index in [0.717, 1.165) is 11.8 Å². The fourth-order valence-electron chi connectivity index (χ4n) is 3.04. The van der Waals surface area contributed by atoms with Gasteiger partial charge in [0.1, 0.15) is 5.76 Å². The van der Waals surface area contributed by atoms with Crippen LogP contribution >= 0.6 is 0 Å². The summed E-state index contributed by atoms with van der Waals surface area (Å²) in [4.78, 5) is 23.9. The highest BCUT2D eigenvalue weighted by atomic mass is 16.5. The zero-order valence-electron chi connectivity index (χ0n) is 15.5. The Hall–Kier alpha value is -2.50. The summed E-state index contributed by atoms with van der Waals surface area (Å²) in [5.74, 6) is 1.92. The summed E-state index contributed by atoms with van der Waals surface area (Å²) >= 11 is 0. The first-order chi connectivity index (χ1) is 12.5. The number of hydrogen-bond donors (Lipinski definition) is 2. The van der Waals surface area contributed by atoms with Gasteiger partial charge in [-0.3, -0.25) is 9.59 Å². The molecule has 1 aliphatic rings. The Labute approximate surface area is 153 Å². The van der Waals surface area contributed by atoms with Crippen molar-refractivity contribution in [2.75, 3.05) is 13.2 Å². The van der Waals surface area contributed by atoms with Crippen LogP contribution in [0.5, 0.6) is 5.75 Å². The Balaban J connectivity index is 1.53. The van der Waals surface area contributed by atoms with Gasteiger partial charge < -0.3 is 19.8 Å². The molecule has 0 spiro atoms. The zero-order chi connectivity index (χ0) is 18.7. The first-order valence-electron chi connectivity index (χ1n) is 9.22. The number of rotatable bonds is 8. The molecule has 1 aromatic heterocycles. The largest absolute Gasteiger partial charge is 0.490 e. The minimum absolute atomic E-state index is 0.0547. The number of furan rings is 1. The van der Waals surface area contributed by atoms with Crippen LogP contribution in [0.15, 0.2) is 28.7 Å². The standard InChI is InChI=1S/C20H26N2O4/c1-4-25-16-7-5-6-14-11-17(26-19(14)16)13(3)22-18(23)8-9-21-20(24)15-10-12(15)2/h5-7,11-13,15H,4,8-10H2,1-3H3,(H,21,24)(H,22,23). The van der Waals surface area contributed by atoms with Crippen LogP contribution in [0.2, 0.25) is 0 Å². The molecule has 1 aliphatic carbocycles. The van der Waals surface area contributed by atoms with Gasteiger partial charge in [-0.05, 0) is 38.3 Å². The first kappa shape index (κ1) is 18.3. The first-order valence-corrected chi connectivity index (χ1v) is 9.22. The van der Waals surface area contributed by atoms with Crippen molar-refractivity contribution in [1.29, 1.82) is 0 Å². The van der Waals surface area contributed by atoms with Crippen molar-refractivity contribution in [3.05, 3.63) is 30.0 Å². The summed E-state index contributed by atoms with van der Waals surface area (Å²) in [6, 6.07) is 7.39. The maximum absolute atomic E-state index is 12.1. The van der Waals surface area contributed by atoms with E-state index in [1.807, 2.05) is 38.1 Å². The Morgan fingerprint density at radius 3 is 2.85 bits per heavy atom. The summed E-state index contributed by atoms with van der Waals surface area (Å²) in [6.07, 6.45) is 1.20. The maximum atomic E-state index is 12.1. The molecule has 6 heteroatoms. The third-order valence-electron chi connectivity index (χ3n) is 4.73. The van der Waals surface area contributed by atoms with E-state index in [1.54, 1.807) is 0 Å². The molecule has 3 rings (SSSR count). The van der Waals surface area contributed by atoms with E-state index in [9.17, 15) is 9.59 Å². The lowest BCUT2D eigenvalue weighted by atomic mass is 10.2. The number of ether oxygens (including phenoxy) is 1. The maximum Gasteiger partial charge on any atom is 0.223 e. The summed E-state index contributed by atoms with van der Waals surface area (Å²) < 4.78 is 11.5. The van der Waals surface area contributed by atoms with Crippen molar-refractivity contribution in [1.82, 2.24) is 10.6 Å². The molecule has 1 aromatic carbocycles. The second-order valence-electron chi connectivity index (χ2n) is 6.91. The van der Waals surface area contributed by atoms with Gasteiger partial charge in [0.2, 0.25) is 11.8 Å². The smallest absolute Gasteiger partial charge is 0.223 e. The molecule has 0 saturated heterocycles. The lowest BCUT2D eigenvalue weighted by Gasteiger charge is -2.11. The average molecular weight is 358 g/mol. The van der Waals surface area contributed by atoms with Crippen molar-refractivity contribution in [3.8, 4) is 5.75 Å². The van der Waals surface area contributed by atoms with Gasteiger partial charge in [0.25, 0.3) is 0 Å². The molecule has 3 unspecified atom stereocenters. The Morgan fingerprint density at radius 1 is 1.38 bits per heavy atom. The Morgan fingerprint density at radius 2 is 2.15 bits per heavy atom. The van der Waals surface area contributed by atoms with Gasteiger partial charge >= 0.3 is 0 Å². The highest BCUT2D eigenvalue weighted by Crippen LogP contribution is 2.37. The molecular formula is C20H26N2O4. The molecule has 1 saturated carbocycles. The van der Waals surface area contributed by atoms with Crippen molar-refractivity contribution in [2.45, 2.75) is 39.7 Å². The van der Waals surface area contributed by atoms with Crippen LogP contribution in [0.1, 0.15) is 45.4 Å². The SMILES string of the molecule is CCOc1cccc2cc(C(C)NC(=O)CCNC(=O)C3CC3C)oc12. The van der Waals surface area contributed by atoms with Crippen molar-refractivity contribution in [3.63, 3.8) is 0 Å². The number of carbonyl (C=O) groups is 2. The fourth-order valence-corrected chi connectivity index (χ4v) is 3.04. The highest BCUT2D eigenvalue weighted by molar-refractivity contribution is 5.84. The fraction of sp³-hybridized carbons (Fsp3) is 0.500.